The summed E-state index contributed by atoms with van der Waals surface area (Å²) in [6.45, 7) is 0.699. The largest absolute Gasteiger partial charge is 0.496 e. The second kappa shape index (κ2) is 6.82. The third-order valence-corrected chi connectivity index (χ3v) is 5.13. The number of rotatable bonds is 6. The molecule has 25 heavy (non-hydrogen) atoms. The number of aliphatic carboxylic acids is 1. The van der Waals surface area contributed by atoms with Crippen LogP contribution in [0.5, 0.6) is 17.2 Å². The average Bonchev–Trinajstić information content (AvgIpc) is 3.37. The highest BCUT2D eigenvalue weighted by atomic mass is 16.5. The van der Waals surface area contributed by atoms with Gasteiger partial charge >= 0.3 is 5.97 Å². The smallest absolute Gasteiger partial charge is 0.308 e. The quantitative estimate of drug-likeness (QED) is 0.844. The Morgan fingerprint density at radius 1 is 1.00 bits per heavy atom. The number of ether oxygens (including phenoxy) is 3. The number of carboxylic acid groups (broad SMARTS) is 1. The Kier molecular flexibility index (Phi) is 4.74. The molecule has 0 bridgehead atoms. The van der Waals surface area contributed by atoms with Gasteiger partial charge in [0.25, 0.3) is 5.91 Å². The molecule has 7 heteroatoms. The molecule has 1 saturated carbocycles. The Morgan fingerprint density at radius 2 is 1.60 bits per heavy atom. The van der Waals surface area contributed by atoms with Gasteiger partial charge in [0.2, 0.25) is 0 Å². The van der Waals surface area contributed by atoms with Crippen molar-refractivity contribution in [3.63, 3.8) is 0 Å². The topological polar surface area (TPSA) is 85.3 Å². The molecule has 1 aromatic carbocycles. The minimum atomic E-state index is -0.827. The normalized spacial score (nSPS) is 22.6. The lowest BCUT2D eigenvalue weighted by molar-refractivity contribution is -0.142. The highest BCUT2D eigenvalue weighted by Crippen LogP contribution is 2.45. The summed E-state index contributed by atoms with van der Waals surface area (Å²) >= 11 is 0. The van der Waals surface area contributed by atoms with Gasteiger partial charge < -0.3 is 24.2 Å². The third-order valence-electron chi connectivity index (χ3n) is 5.13. The fraction of sp³-hybridized carbons (Fsp3) is 0.556. The van der Waals surface area contributed by atoms with Crippen LogP contribution in [0.2, 0.25) is 0 Å². The molecule has 1 aliphatic carbocycles. The first kappa shape index (κ1) is 17.4. The minimum absolute atomic E-state index is 0.0348. The second-order valence-electron chi connectivity index (χ2n) is 6.56. The SMILES string of the molecule is COc1cc(OC)c(C(=O)N2C[C@H](C(=O)O)[C@@H](C3CC3)C2)cc1OC. The molecule has 1 aromatic rings. The van der Waals surface area contributed by atoms with E-state index in [2.05, 4.69) is 0 Å². The molecule has 1 heterocycles. The molecular weight excluding hydrogens is 326 g/mol. The predicted molar refractivity (Wildman–Crippen MR) is 89.3 cm³/mol. The molecule has 136 valence electrons. The first-order valence-corrected chi connectivity index (χ1v) is 8.32. The van der Waals surface area contributed by atoms with Crippen molar-refractivity contribution in [1.82, 2.24) is 4.90 Å². The molecule has 0 spiro atoms. The van der Waals surface area contributed by atoms with Gasteiger partial charge in [-0.15, -0.1) is 0 Å². The highest BCUT2D eigenvalue weighted by Gasteiger charge is 2.47. The van der Waals surface area contributed by atoms with Crippen LogP contribution >= 0.6 is 0 Å². The molecule has 1 saturated heterocycles. The lowest BCUT2D eigenvalue weighted by Crippen LogP contribution is -2.30. The summed E-state index contributed by atoms with van der Waals surface area (Å²) < 4.78 is 15.8. The van der Waals surface area contributed by atoms with Crippen LogP contribution in [-0.2, 0) is 4.79 Å². The molecule has 1 aliphatic heterocycles. The Hall–Kier alpha value is -2.44. The molecule has 2 atom stereocenters. The number of carboxylic acids is 1. The van der Waals surface area contributed by atoms with Crippen molar-refractivity contribution in [1.29, 1.82) is 0 Å². The standard InChI is InChI=1S/C18H23NO6/c1-23-14-7-16(25-3)15(24-2)6-11(14)17(20)19-8-12(10-4-5-10)13(9-19)18(21)22/h6-7,10,12-13H,4-5,8-9H2,1-3H3,(H,21,22)/t12-,13+/m1/s1. The zero-order valence-electron chi connectivity index (χ0n) is 14.7. The van der Waals surface area contributed by atoms with Gasteiger partial charge in [0.05, 0.1) is 32.8 Å². The summed E-state index contributed by atoms with van der Waals surface area (Å²) in [7, 11) is 4.49. The molecular formula is C18H23NO6. The van der Waals surface area contributed by atoms with Crippen LogP contribution in [0.1, 0.15) is 23.2 Å². The Bertz CT molecular complexity index is 684. The zero-order valence-corrected chi connectivity index (χ0v) is 14.7. The minimum Gasteiger partial charge on any atom is -0.496 e. The maximum absolute atomic E-state index is 13.0. The number of hydrogen-bond acceptors (Lipinski definition) is 5. The predicted octanol–water partition coefficient (Wildman–Crippen LogP) is 1.90. The summed E-state index contributed by atoms with van der Waals surface area (Å²) in [5.41, 5.74) is 0.348. The van der Waals surface area contributed by atoms with E-state index in [-0.39, 0.29) is 18.4 Å². The molecule has 0 radical (unpaired) electrons. The summed E-state index contributed by atoms with van der Waals surface area (Å²) in [5.74, 6) is 0.167. The fourth-order valence-corrected chi connectivity index (χ4v) is 3.62. The van der Waals surface area contributed by atoms with E-state index in [4.69, 9.17) is 14.2 Å². The van der Waals surface area contributed by atoms with Gasteiger partial charge in [0, 0.05) is 25.2 Å². The summed E-state index contributed by atoms with van der Waals surface area (Å²) in [5, 5.41) is 9.48. The number of nitrogens with zero attached hydrogens (tertiary/aromatic N) is 1. The molecule has 2 fully saturated rings. The van der Waals surface area contributed by atoms with Crippen molar-refractivity contribution < 1.29 is 28.9 Å². The van der Waals surface area contributed by atoms with E-state index in [1.165, 1.54) is 21.3 Å². The van der Waals surface area contributed by atoms with E-state index in [9.17, 15) is 14.7 Å². The van der Waals surface area contributed by atoms with E-state index in [0.29, 0.717) is 35.3 Å². The number of likely N-dealkylation sites (tertiary alicyclic amines) is 1. The molecule has 2 aliphatic rings. The van der Waals surface area contributed by atoms with Gasteiger partial charge in [-0.1, -0.05) is 0 Å². The molecule has 3 rings (SSSR count). The van der Waals surface area contributed by atoms with Crippen LogP contribution in [0, 0.1) is 17.8 Å². The van der Waals surface area contributed by atoms with Crippen LogP contribution in [0.4, 0.5) is 0 Å². The first-order chi connectivity index (χ1) is 12.0. The molecule has 7 nitrogen and oxygen atoms in total. The lowest BCUT2D eigenvalue weighted by Gasteiger charge is -2.19. The van der Waals surface area contributed by atoms with Crippen molar-refractivity contribution >= 4 is 11.9 Å². The zero-order chi connectivity index (χ0) is 18.1. The second-order valence-corrected chi connectivity index (χ2v) is 6.56. The van der Waals surface area contributed by atoms with Crippen molar-refractivity contribution in [2.45, 2.75) is 12.8 Å². The number of carbonyl (C=O) groups is 2. The number of amides is 1. The fourth-order valence-electron chi connectivity index (χ4n) is 3.62. The van der Waals surface area contributed by atoms with Gasteiger partial charge in [-0.25, -0.2) is 0 Å². The highest BCUT2D eigenvalue weighted by molar-refractivity contribution is 5.98. The number of methoxy groups -OCH3 is 3. The van der Waals surface area contributed by atoms with Crippen molar-refractivity contribution in [3.8, 4) is 17.2 Å². The number of hydrogen-bond donors (Lipinski definition) is 1. The van der Waals surface area contributed by atoms with Crippen molar-refractivity contribution in [3.05, 3.63) is 17.7 Å². The molecule has 0 unspecified atom stereocenters. The van der Waals surface area contributed by atoms with Crippen LogP contribution in [0.25, 0.3) is 0 Å². The van der Waals surface area contributed by atoms with Crippen LogP contribution in [0.15, 0.2) is 12.1 Å². The van der Waals surface area contributed by atoms with Gasteiger partial charge in [-0.05, 0) is 24.7 Å². The summed E-state index contributed by atoms with van der Waals surface area (Å²) in [6, 6.07) is 3.19. The Morgan fingerprint density at radius 3 is 2.12 bits per heavy atom. The average molecular weight is 349 g/mol. The Labute approximate surface area is 146 Å². The van der Waals surface area contributed by atoms with E-state index in [1.807, 2.05) is 0 Å². The van der Waals surface area contributed by atoms with Crippen LogP contribution in [-0.4, -0.2) is 56.3 Å². The molecule has 1 amide bonds. The summed E-state index contributed by atoms with van der Waals surface area (Å²) in [6.07, 6.45) is 2.10. The number of benzene rings is 1. The monoisotopic (exact) mass is 349 g/mol. The van der Waals surface area contributed by atoms with Crippen LogP contribution in [0.3, 0.4) is 0 Å². The third kappa shape index (κ3) is 3.23. The van der Waals surface area contributed by atoms with E-state index in [0.717, 1.165) is 12.8 Å². The first-order valence-electron chi connectivity index (χ1n) is 8.32. The Balaban J connectivity index is 1.89. The maximum atomic E-state index is 13.0. The van der Waals surface area contributed by atoms with Gasteiger partial charge in [0.1, 0.15) is 5.75 Å². The van der Waals surface area contributed by atoms with Gasteiger partial charge in [-0.2, -0.15) is 0 Å². The van der Waals surface area contributed by atoms with Gasteiger partial charge in [-0.3, -0.25) is 9.59 Å². The lowest BCUT2D eigenvalue weighted by atomic mass is 9.92. The molecule has 0 aromatic heterocycles. The van der Waals surface area contributed by atoms with Crippen molar-refractivity contribution in [2.24, 2.45) is 17.8 Å². The van der Waals surface area contributed by atoms with Crippen LogP contribution < -0.4 is 14.2 Å². The van der Waals surface area contributed by atoms with Crippen molar-refractivity contribution in [2.75, 3.05) is 34.4 Å². The van der Waals surface area contributed by atoms with E-state index in [1.54, 1.807) is 17.0 Å². The molecule has 1 N–H and O–H groups in total. The number of carbonyl (C=O) groups excluding carboxylic acids is 1. The van der Waals surface area contributed by atoms with Gasteiger partial charge in [0.15, 0.2) is 11.5 Å². The maximum Gasteiger partial charge on any atom is 0.308 e. The van der Waals surface area contributed by atoms with E-state index < -0.39 is 11.9 Å². The van der Waals surface area contributed by atoms with E-state index >= 15 is 0 Å². The summed E-state index contributed by atoms with van der Waals surface area (Å²) in [4.78, 5) is 26.2.